The van der Waals surface area contributed by atoms with Crippen molar-refractivity contribution in [2.24, 2.45) is 5.73 Å². The first-order chi connectivity index (χ1) is 22.3. The maximum absolute atomic E-state index is 13.2. The number of esters is 1. The molecule has 260 valence electrons. The number of halogens is 4. The van der Waals surface area contributed by atoms with E-state index in [9.17, 15) is 14.9 Å². The van der Waals surface area contributed by atoms with Crippen LogP contribution in [0.15, 0.2) is 73.1 Å². The fourth-order valence-electron chi connectivity index (χ4n) is 8.09. The molecule has 0 bridgehead atoms. The Morgan fingerprint density at radius 2 is 1.76 bits per heavy atom. The van der Waals surface area contributed by atoms with Crippen LogP contribution in [0, 0.1) is 10.1 Å². The molecule has 0 radical (unpaired) electrons. The number of rotatable bonds is 7. The number of nitro groups is 1. The summed E-state index contributed by atoms with van der Waals surface area (Å²) in [5.41, 5.74) is 12.8. The highest BCUT2D eigenvalue weighted by Gasteiger charge is 2.58. The van der Waals surface area contributed by atoms with Gasteiger partial charge in [0.25, 0.3) is 5.69 Å². The lowest BCUT2D eigenvalue weighted by molar-refractivity contribution is -0.384. The molecule has 3 aromatic carbocycles. The van der Waals surface area contributed by atoms with Gasteiger partial charge in [-0.15, -0.1) is 37.2 Å². The van der Waals surface area contributed by atoms with Crippen LogP contribution in [0.1, 0.15) is 76.5 Å². The maximum atomic E-state index is 13.2. The van der Waals surface area contributed by atoms with E-state index in [1.807, 2.05) is 12.1 Å². The summed E-state index contributed by atoms with van der Waals surface area (Å²) in [5.74, 6) is 0.383. The van der Waals surface area contributed by atoms with Gasteiger partial charge in [-0.2, -0.15) is 4.98 Å². The number of hydrogen-bond acceptors (Lipinski definition) is 8. The number of piperidine rings is 1. The summed E-state index contributed by atoms with van der Waals surface area (Å²) >= 11 is 6.86. The summed E-state index contributed by atoms with van der Waals surface area (Å²) < 4.78 is 6.53. The minimum Gasteiger partial charge on any atom is -0.452 e. The van der Waals surface area contributed by atoms with E-state index in [1.165, 1.54) is 35.4 Å². The number of benzene rings is 3. The fraction of sp³-hybridized carbons (Fsp3) is 0.343. The number of carbonyl (C=O) groups excluding carboxylic acids is 1. The second-order valence-corrected chi connectivity index (χ2v) is 13.2. The smallest absolute Gasteiger partial charge is 0.338 e. The fourth-order valence-corrected chi connectivity index (χ4v) is 8.33. The molecule has 1 aromatic heterocycles. The number of aromatic nitrogens is 2. The topological polar surface area (TPSA) is 133 Å². The molecule has 2 aliphatic heterocycles. The van der Waals surface area contributed by atoms with Gasteiger partial charge in [0.05, 0.1) is 33.7 Å². The van der Waals surface area contributed by atoms with Gasteiger partial charge in [0.15, 0.2) is 0 Å². The van der Waals surface area contributed by atoms with Gasteiger partial charge in [-0.05, 0) is 62.0 Å². The van der Waals surface area contributed by atoms with Crippen molar-refractivity contribution in [2.75, 3.05) is 19.6 Å². The predicted molar refractivity (Wildman–Crippen MR) is 198 cm³/mol. The van der Waals surface area contributed by atoms with Crippen molar-refractivity contribution >= 4 is 72.0 Å². The minimum absolute atomic E-state index is 0. The highest BCUT2D eigenvalue weighted by atomic mass is 35.5. The van der Waals surface area contributed by atoms with Crippen LogP contribution in [0.4, 0.5) is 17.2 Å². The third-order valence-electron chi connectivity index (χ3n) is 10.1. The Labute approximate surface area is 308 Å². The summed E-state index contributed by atoms with van der Waals surface area (Å²) in [5, 5.41) is 15.3. The summed E-state index contributed by atoms with van der Waals surface area (Å²) in [6.07, 6.45) is 3.49. The van der Waals surface area contributed by atoms with Gasteiger partial charge in [-0.25, -0.2) is 14.3 Å². The van der Waals surface area contributed by atoms with E-state index in [4.69, 9.17) is 32.0 Å². The van der Waals surface area contributed by atoms with E-state index in [-0.39, 0.29) is 59.8 Å². The number of nitrogens with zero attached hydrogens (tertiary/aromatic N) is 4. The Morgan fingerprint density at radius 1 is 1.06 bits per heavy atom. The molecule has 10 nitrogen and oxygen atoms in total. The molecule has 1 aliphatic carbocycles. The molecule has 3 aliphatic rings. The molecule has 3 atom stereocenters. The number of non-ortho nitro benzene ring substituents is 1. The van der Waals surface area contributed by atoms with Gasteiger partial charge in [0.1, 0.15) is 24.7 Å². The van der Waals surface area contributed by atoms with E-state index < -0.39 is 17.0 Å². The molecule has 3 heterocycles. The Bertz CT molecular complexity index is 1830. The summed E-state index contributed by atoms with van der Waals surface area (Å²) in [6, 6.07) is 20.1. The molecule has 0 amide bonds. The normalized spacial score (nSPS) is 21.4. The highest BCUT2D eigenvalue weighted by molar-refractivity contribution is 6.31. The quantitative estimate of drug-likeness (QED) is 0.0853. The first kappa shape index (κ1) is 38.5. The van der Waals surface area contributed by atoms with Crippen LogP contribution >= 0.6 is 48.8 Å². The molecule has 1 unspecified atom stereocenters. The van der Waals surface area contributed by atoms with Crippen LogP contribution in [-0.2, 0) is 23.2 Å². The molecule has 3 N–H and O–H groups in total. The second kappa shape index (κ2) is 15.3. The van der Waals surface area contributed by atoms with E-state index in [1.54, 1.807) is 6.33 Å². The largest absolute Gasteiger partial charge is 0.452 e. The number of ether oxygens (including phenoxy) is 1. The molecular formula is C35H39Cl4N6O4+. The molecule has 4 aromatic rings. The van der Waals surface area contributed by atoms with Crippen LogP contribution in [-0.4, -0.2) is 40.5 Å². The van der Waals surface area contributed by atoms with E-state index in [0.717, 1.165) is 55.1 Å². The molecule has 7 rings (SSSR count). The van der Waals surface area contributed by atoms with E-state index in [0.29, 0.717) is 34.7 Å². The Kier molecular flexibility index (Phi) is 12.0. The van der Waals surface area contributed by atoms with Crippen LogP contribution in [0.2, 0.25) is 5.02 Å². The summed E-state index contributed by atoms with van der Waals surface area (Å²) in [4.78, 5) is 33.6. The van der Waals surface area contributed by atoms with Gasteiger partial charge in [-0.1, -0.05) is 48.9 Å². The lowest BCUT2D eigenvalue weighted by Crippen LogP contribution is -2.50. The number of nitrogens with two attached hydrogens (primary N) is 1. The van der Waals surface area contributed by atoms with Crippen molar-refractivity contribution in [1.82, 2.24) is 19.8 Å². The molecule has 1 fully saturated rings. The standard InChI is InChI=1S/C35H36ClN6O4.3ClH/c1-22-17-29(46-34(43)24-7-9-25(10-8-24)41(44)45)32-30(22)33(40-21-39-32)42(19-23-5-3-2-4-6-23)20-35(13-15-38-16-14-35)31-26(18-37)27(36)11-12-28(31)42;;;/h2-12,21-22,29,38H,13-20,37H2,1H3;3*1H/q+1;;;/t22-,29-,42?;;;/m1.../s1. The van der Waals surface area contributed by atoms with Gasteiger partial charge in [-0.3, -0.25) is 10.1 Å². The zero-order valence-corrected chi connectivity index (χ0v) is 30.0. The van der Waals surface area contributed by atoms with Gasteiger partial charge >= 0.3 is 5.97 Å². The third kappa shape index (κ3) is 6.63. The van der Waals surface area contributed by atoms with Crippen LogP contribution in [0.3, 0.4) is 0 Å². The number of quaternary nitrogens is 1. The van der Waals surface area contributed by atoms with Crippen molar-refractivity contribution in [2.45, 2.75) is 56.7 Å². The lowest BCUT2D eigenvalue weighted by atomic mass is 9.73. The van der Waals surface area contributed by atoms with Crippen molar-refractivity contribution in [1.29, 1.82) is 0 Å². The highest BCUT2D eigenvalue weighted by Crippen LogP contribution is 2.59. The van der Waals surface area contributed by atoms with E-state index in [2.05, 4.69) is 42.6 Å². The molecule has 49 heavy (non-hydrogen) atoms. The number of fused-ring (bicyclic) bond motifs is 3. The summed E-state index contributed by atoms with van der Waals surface area (Å²) in [7, 11) is 0. The first-order valence-corrected chi connectivity index (χ1v) is 16.1. The summed E-state index contributed by atoms with van der Waals surface area (Å²) in [6.45, 7) is 5.77. The number of carbonyl (C=O) groups is 1. The molecular weight excluding hydrogens is 710 g/mol. The Hall–Kier alpha value is -3.35. The monoisotopic (exact) mass is 747 g/mol. The lowest BCUT2D eigenvalue weighted by Gasteiger charge is -2.39. The Balaban J connectivity index is 0.00000180. The van der Waals surface area contributed by atoms with Crippen molar-refractivity contribution < 1.29 is 14.5 Å². The first-order valence-electron chi connectivity index (χ1n) is 15.7. The third-order valence-corrected chi connectivity index (χ3v) is 10.4. The number of nitrogens with one attached hydrogen (secondary N) is 1. The van der Waals surface area contributed by atoms with Crippen LogP contribution in [0.5, 0.6) is 0 Å². The maximum Gasteiger partial charge on any atom is 0.338 e. The molecule has 1 spiro atoms. The molecule has 0 saturated carbocycles. The van der Waals surface area contributed by atoms with Gasteiger partial charge in [0, 0.05) is 40.9 Å². The zero-order chi connectivity index (χ0) is 32.1. The Morgan fingerprint density at radius 3 is 2.41 bits per heavy atom. The number of hydrogen-bond donors (Lipinski definition) is 2. The van der Waals surface area contributed by atoms with Crippen molar-refractivity contribution in [3.63, 3.8) is 0 Å². The predicted octanol–water partition coefficient (Wildman–Crippen LogP) is 7.64. The van der Waals surface area contributed by atoms with Crippen molar-refractivity contribution in [3.05, 3.63) is 122 Å². The molecule has 1 saturated heterocycles. The van der Waals surface area contributed by atoms with Crippen LogP contribution in [0.25, 0.3) is 0 Å². The van der Waals surface area contributed by atoms with E-state index >= 15 is 0 Å². The minimum atomic E-state index is -0.578. The SMILES string of the molecule is C[C@@H]1C[C@@H](OC(=O)c2ccc([N+](=O)[O-])cc2)c2ncnc([N+]3(Cc4ccccc4)CC4(CCNCC4)c4c3ccc(Cl)c4CN)c21.Cl.Cl.Cl. The average Bonchev–Trinajstić information content (AvgIpc) is 3.53. The van der Waals surface area contributed by atoms with Gasteiger partial charge < -0.3 is 15.8 Å². The number of nitro benzene ring substituents is 1. The van der Waals surface area contributed by atoms with Gasteiger partial charge in [0.2, 0.25) is 5.82 Å². The zero-order valence-electron chi connectivity index (χ0n) is 26.8. The average molecular weight is 750 g/mol. The molecule has 14 heteroatoms. The van der Waals surface area contributed by atoms with Crippen LogP contribution < -0.4 is 15.5 Å². The second-order valence-electron chi connectivity index (χ2n) is 12.8. The van der Waals surface area contributed by atoms with Crippen molar-refractivity contribution in [3.8, 4) is 0 Å².